The van der Waals surface area contributed by atoms with E-state index in [2.05, 4.69) is 24.1 Å². The van der Waals surface area contributed by atoms with Gasteiger partial charge in [-0.25, -0.2) is 4.98 Å². The van der Waals surface area contributed by atoms with E-state index in [1.165, 1.54) is 0 Å². The molecule has 1 atom stereocenters. The minimum atomic E-state index is -0.568. The molecule has 1 aliphatic heterocycles. The van der Waals surface area contributed by atoms with Crippen molar-refractivity contribution in [2.45, 2.75) is 45.7 Å². The Balaban J connectivity index is 1.48. The van der Waals surface area contributed by atoms with Gasteiger partial charge in [0.05, 0.1) is 6.04 Å². The van der Waals surface area contributed by atoms with Gasteiger partial charge in [-0.05, 0) is 65.9 Å². The zero-order valence-corrected chi connectivity index (χ0v) is 20.1. The number of rotatable bonds is 5. The SMILES string of the molecule is CC(C)c1ccc(NC(=O)c2ccc(CN3C(=O)c4ccc(Cl)cc4CC(=O)[C@H]3C)cc2)nc1. The number of Topliss-reactive ketones (excluding diaryl/α,β-unsaturated/α-hetero) is 1. The van der Waals surface area contributed by atoms with Crippen molar-refractivity contribution in [1.29, 1.82) is 0 Å². The highest BCUT2D eigenvalue weighted by Crippen LogP contribution is 2.25. The summed E-state index contributed by atoms with van der Waals surface area (Å²) in [5.74, 6) is 0.338. The highest BCUT2D eigenvalue weighted by molar-refractivity contribution is 6.30. The molecule has 0 radical (unpaired) electrons. The van der Waals surface area contributed by atoms with Crippen molar-refractivity contribution in [3.05, 3.63) is 93.6 Å². The van der Waals surface area contributed by atoms with E-state index >= 15 is 0 Å². The number of carbonyl (C=O) groups excluding carboxylic acids is 3. The molecule has 1 aliphatic rings. The molecular formula is C27H26ClN3O3. The van der Waals surface area contributed by atoms with Crippen molar-refractivity contribution in [2.75, 3.05) is 5.32 Å². The first kappa shape index (κ1) is 23.6. The van der Waals surface area contributed by atoms with Gasteiger partial charge in [-0.1, -0.05) is 43.6 Å². The van der Waals surface area contributed by atoms with Crippen molar-refractivity contribution in [3.63, 3.8) is 0 Å². The van der Waals surface area contributed by atoms with Crippen LogP contribution in [0, 0.1) is 0 Å². The Labute approximate surface area is 204 Å². The Hall–Kier alpha value is -3.51. The third-order valence-electron chi connectivity index (χ3n) is 6.12. The third-order valence-corrected chi connectivity index (χ3v) is 6.36. The Bertz CT molecular complexity index is 1240. The van der Waals surface area contributed by atoms with Gasteiger partial charge in [-0.15, -0.1) is 0 Å². The van der Waals surface area contributed by atoms with E-state index in [0.29, 0.717) is 33.4 Å². The smallest absolute Gasteiger partial charge is 0.256 e. The molecule has 7 heteroatoms. The van der Waals surface area contributed by atoms with Crippen LogP contribution < -0.4 is 5.32 Å². The molecule has 0 unspecified atom stereocenters. The molecule has 0 aliphatic carbocycles. The quantitative estimate of drug-likeness (QED) is 0.545. The molecule has 1 aromatic heterocycles. The number of amides is 2. The maximum absolute atomic E-state index is 13.2. The van der Waals surface area contributed by atoms with Crippen LogP contribution in [0.15, 0.2) is 60.8 Å². The minimum absolute atomic E-state index is 0.0404. The lowest BCUT2D eigenvalue weighted by Crippen LogP contribution is -2.41. The average Bonchev–Trinajstić information content (AvgIpc) is 2.90. The predicted octanol–water partition coefficient (Wildman–Crippen LogP) is 5.27. The number of halogens is 1. The van der Waals surface area contributed by atoms with E-state index in [4.69, 9.17) is 11.6 Å². The predicted molar refractivity (Wildman–Crippen MR) is 132 cm³/mol. The number of nitrogens with one attached hydrogen (secondary N) is 1. The lowest BCUT2D eigenvalue weighted by atomic mass is 10.0. The fourth-order valence-electron chi connectivity index (χ4n) is 3.93. The van der Waals surface area contributed by atoms with Gasteiger partial charge < -0.3 is 10.2 Å². The van der Waals surface area contributed by atoms with Gasteiger partial charge in [0.25, 0.3) is 11.8 Å². The van der Waals surface area contributed by atoms with Crippen LogP contribution in [0.3, 0.4) is 0 Å². The number of nitrogens with zero attached hydrogens (tertiary/aromatic N) is 2. The Morgan fingerprint density at radius 3 is 2.50 bits per heavy atom. The van der Waals surface area contributed by atoms with Gasteiger partial charge in [0.2, 0.25) is 0 Å². The molecule has 174 valence electrons. The molecule has 4 rings (SSSR count). The number of fused-ring (bicyclic) bond motifs is 1. The second kappa shape index (κ2) is 9.77. The summed E-state index contributed by atoms with van der Waals surface area (Å²) in [5, 5.41) is 3.30. The lowest BCUT2D eigenvalue weighted by molar-refractivity contribution is -0.122. The fourth-order valence-corrected chi connectivity index (χ4v) is 4.13. The second-order valence-corrected chi connectivity index (χ2v) is 9.27. The summed E-state index contributed by atoms with van der Waals surface area (Å²) < 4.78 is 0. The van der Waals surface area contributed by atoms with Crippen molar-refractivity contribution < 1.29 is 14.4 Å². The maximum atomic E-state index is 13.2. The average molecular weight is 476 g/mol. The van der Waals surface area contributed by atoms with Crippen molar-refractivity contribution in [2.24, 2.45) is 0 Å². The van der Waals surface area contributed by atoms with Crippen LogP contribution >= 0.6 is 11.6 Å². The number of hydrogen-bond donors (Lipinski definition) is 1. The topological polar surface area (TPSA) is 79.4 Å². The van der Waals surface area contributed by atoms with Gasteiger partial charge in [-0.3, -0.25) is 14.4 Å². The van der Waals surface area contributed by atoms with E-state index < -0.39 is 6.04 Å². The van der Waals surface area contributed by atoms with Gasteiger partial charge in [0.15, 0.2) is 5.78 Å². The number of ketones is 1. The summed E-state index contributed by atoms with van der Waals surface area (Å²) in [6.07, 6.45) is 1.93. The van der Waals surface area contributed by atoms with Crippen molar-refractivity contribution in [1.82, 2.24) is 9.88 Å². The minimum Gasteiger partial charge on any atom is -0.325 e. The summed E-state index contributed by atoms with van der Waals surface area (Å²) in [6, 6.07) is 15.2. The Morgan fingerprint density at radius 1 is 1.12 bits per heavy atom. The summed E-state index contributed by atoms with van der Waals surface area (Å²) >= 11 is 6.07. The number of pyridine rings is 1. The van der Waals surface area contributed by atoms with Crippen molar-refractivity contribution >= 4 is 35.0 Å². The van der Waals surface area contributed by atoms with Crippen LogP contribution in [0.2, 0.25) is 5.02 Å². The van der Waals surface area contributed by atoms with Crippen LogP contribution in [0.25, 0.3) is 0 Å². The van der Waals surface area contributed by atoms with Crippen LogP contribution in [-0.4, -0.2) is 33.5 Å². The number of benzene rings is 2. The van der Waals surface area contributed by atoms with Gasteiger partial charge >= 0.3 is 0 Å². The maximum Gasteiger partial charge on any atom is 0.256 e. The third kappa shape index (κ3) is 5.02. The highest BCUT2D eigenvalue weighted by atomic mass is 35.5. The van der Waals surface area contributed by atoms with E-state index in [0.717, 1.165) is 11.1 Å². The summed E-state index contributed by atoms with van der Waals surface area (Å²) in [4.78, 5) is 44.4. The van der Waals surface area contributed by atoms with Crippen molar-refractivity contribution in [3.8, 4) is 0 Å². The van der Waals surface area contributed by atoms with Gasteiger partial charge in [-0.2, -0.15) is 0 Å². The first-order valence-electron chi connectivity index (χ1n) is 11.2. The molecule has 2 heterocycles. The van der Waals surface area contributed by atoms with Crippen LogP contribution in [0.5, 0.6) is 0 Å². The van der Waals surface area contributed by atoms with E-state index in [-0.39, 0.29) is 30.6 Å². The first-order chi connectivity index (χ1) is 16.2. The van der Waals surface area contributed by atoms with Crippen LogP contribution in [0.1, 0.15) is 64.1 Å². The molecule has 0 spiro atoms. The number of carbonyl (C=O) groups is 3. The molecule has 0 fully saturated rings. The van der Waals surface area contributed by atoms with E-state index in [1.54, 1.807) is 66.6 Å². The molecule has 0 bridgehead atoms. The Kier molecular flexibility index (Phi) is 6.80. The summed E-state index contributed by atoms with van der Waals surface area (Å²) in [6.45, 7) is 6.17. The molecule has 1 N–H and O–H groups in total. The molecule has 0 saturated heterocycles. The fraction of sp³-hybridized carbons (Fsp3) is 0.259. The van der Waals surface area contributed by atoms with Gasteiger partial charge in [0.1, 0.15) is 5.82 Å². The normalized spacial score (nSPS) is 15.8. The molecule has 34 heavy (non-hydrogen) atoms. The molecular weight excluding hydrogens is 450 g/mol. The zero-order chi connectivity index (χ0) is 24.4. The molecule has 2 amide bonds. The second-order valence-electron chi connectivity index (χ2n) is 8.84. The summed E-state index contributed by atoms with van der Waals surface area (Å²) in [5.41, 5.74) is 3.54. The molecule has 0 saturated carbocycles. The van der Waals surface area contributed by atoms with E-state index in [1.807, 2.05) is 6.07 Å². The molecule has 3 aromatic rings. The zero-order valence-electron chi connectivity index (χ0n) is 19.3. The summed E-state index contributed by atoms with van der Waals surface area (Å²) in [7, 11) is 0. The largest absolute Gasteiger partial charge is 0.325 e. The first-order valence-corrected chi connectivity index (χ1v) is 11.6. The monoisotopic (exact) mass is 475 g/mol. The van der Waals surface area contributed by atoms with E-state index in [9.17, 15) is 14.4 Å². The van der Waals surface area contributed by atoms with Gasteiger partial charge in [0, 0.05) is 35.3 Å². The lowest BCUT2D eigenvalue weighted by Gasteiger charge is -2.26. The number of anilines is 1. The molecule has 2 aromatic carbocycles. The van der Waals surface area contributed by atoms with Crippen LogP contribution in [-0.2, 0) is 17.8 Å². The highest BCUT2D eigenvalue weighted by Gasteiger charge is 2.32. The number of aromatic nitrogens is 1. The van der Waals surface area contributed by atoms with Crippen LogP contribution in [0.4, 0.5) is 5.82 Å². The Morgan fingerprint density at radius 2 is 1.85 bits per heavy atom. The standard InChI is InChI=1S/C27H26ClN3O3/c1-16(2)20-8-11-25(29-14-20)30-26(33)19-6-4-18(5-7-19)15-31-17(3)24(32)13-21-12-22(28)9-10-23(21)27(31)34/h4-12,14,16-17H,13,15H2,1-3H3,(H,29,30,33)/t17-/m1/s1. The molecule has 6 nitrogen and oxygen atoms in total. The number of hydrogen-bond acceptors (Lipinski definition) is 4.